The van der Waals surface area contributed by atoms with Gasteiger partial charge in [-0.05, 0) is 29.7 Å². The third-order valence-corrected chi connectivity index (χ3v) is 5.59. The molecule has 0 saturated heterocycles. The Balaban J connectivity index is 1.57. The van der Waals surface area contributed by atoms with Gasteiger partial charge in [-0.15, -0.1) is 0 Å². The van der Waals surface area contributed by atoms with Crippen LogP contribution < -0.4 is 4.74 Å². The van der Waals surface area contributed by atoms with Crippen LogP contribution in [-0.4, -0.2) is 5.97 Å². The Morgan fingerprint density at radius 3 is 1.94 bits per heavy atom. The van der Waals surface area contributed by atoms with Crippen LogP contribution in [0, 0.1) is 6.92 Å². The number of hydrogen-bond donors (Lipinski definition) is 0. The van der Waals surface area contributed by atoms with Crippen LogP contribution in [0.15, 0.2) is 109 Å². The van der Waals surface area contributed by atoms with Crippen molar-refractivity contribution in [1.29, 1.82) is 0 Å². The zero-order valence-electron chi connectivity index (χ0n) is 18.8. The molecule has 0 spiro atoms. The first kappa shape index (κ1) is 22.3. The summed E-state index contributed by atoms with van der Waals surface area (Å²) in [6, 6.07) is 36.1. The summed E-state index contributed by atoms with van der Waals surface area (Å²) in [5, 5.41) is 0. The summed E-state index contributed by atoms with van der Waals surface area (Å²) in [7, 11) is 0. The fraction of sp³-hybridized carbons (Fsp3) is 0.167. The standard InChI is InChI=1S/C30H28O3/c1-23-17-18-29(32-21-24-11-5-2-6-12-24)28(19-23)27(26-15-9-4-10-16-26)20-30(31)33-22-25-13-7-3-8-14-25/h2-19,27H,20-22H2,1H3/t27-/m1/s1. The van der Waals surface area contributed by atoms with Gasteiger partial charge < -0.3 is 9.47 Å². The molecule has 0 fully saturated rings. The van der Waals surface area contributed by atoms with E-state index in [2.05, 4.69) is 25.1 Å². The van der Waals surface area contributed by atoms with Gasteiger partial charge in [0.2, 0.25) is 0 Å². The molecule has 3 heteroatoms. The quantitative estimate of drug-likeness (QED) is 0.270. The third-order valence-electron chi connectivity index (χ3n) is 5.59. The topological polar surface area (TPSA) is 35.5 Å². The van der Waals surface area contributed by atoms with E-state index in [4.69, 9.17) is 9.47 Å². The number of hydrogen-bond acceptors (Lipinski definition) is 3. The Morgan fingerprint density at radius 2 is 1.30 bits per heavy atom. The van der Waals surface area contributed by atoms with Gasteiger partial charge in [0.05, 0.1) is 6.42 Å². The van der Waals surface area contributed by atoms with E-state index in [-0.39, 0.29) is 24.9 Å². The highest BCUT2D eigenvalue weighted by molar-refractivity contribution is 5.72. The monoisotopic (exact) mass is 436 g/mol. The molecule has 166 valence electrons. The van der Waals surface area contributed by atoms with E-state index >= 15 is 0 Å². The van der Waals surface area contributed by atoms with E-state index in [9.17, 15) is 4.79 Å². The molecule has 33 heavy (non-hydrogen) atoms. The highest BCUT2D eigenvalue weighted by atomic mass is 16.5. The molecule has 0 bridgehead atoms. The maximum atomic E-state index is 12.9. The molecule has 0 aromatic heterocycles. The van der Waals surface area contributed by atoms with E-state index in [0.29, 0.717) is 6.61 Å². The number of carbonyl (C=O) groups excluding carboxylic acids is 1. The SMILES string of the molecule is Cc1ccc(OCc2ccccc2)c([C@H](CC(=O)OCc2ccccc2)c2ccccc2)c1. The lowest BCUT2D eigenvalue weighted by Crippen LogP contribution is -2.13. The maximum Gasteiger partial charge on any atom is 0.307 e. The highest BCUT2D eigenvalue weighted by Crippen LogP contribution is 2.36. The normalized spacial score (nSPS) is 11.5. The lowest BCUT2D eigenvalue weighted by Gasteiger charge is -2.21. The van der Waals surface area contributed by atoms with Gasteiger partial charge in [0, 0.05) is 11.5 Å². The fourth-order valence-electron chi connectivity index (χ4n) is 3.86. The summed E-state index contributed by atoms with van der Waals surface area (Å²) in [5.41, 5.74) is 5.25. The molecule has 3 nitrogen and oxygen atoms in total. The highest BCUT2D eigenvalue weighted by Gasteiger charge is 2.23. The van der Waals surface area contributed by atoms with Crippen molar-refractivity contribution in [3.05, 3.63) is 137 Å². The second-order valence-electron chi connectivity index (χ2n) is 8.13. The molecule has 4 aromatic carbocycles. The zero-order valence-corrected chi connectivity index (χ0v) is 18.8. The summed E-state index contributed by atoms with van der Waals surface area (Å²) < 4.78 is 11.9. The van der Waals surface area contributed by atoms with Gasteiger partial charge in [-0.2, -0.15) is 0 Å². The van der Waals surface area contributed by atoms with Crippen molar-refractivity contribution in [2.24, 2.45) is 0 Å². The Kier molecular flexibility index (Phi) is 7.55. The van der Waals surface area contributed by atoms with Crippen molar-refractivity contribution in [2.75, 3.05) is 0 Å². The lowest BCUT2D eigenvalue weighted by atomic mass is 9.87. The molecule has 0 aliphatic heterocycles. The molecule has 0 radical (unpaired) electrons. The Bertz CT molecular complexity index is 1160. The second-order valence-corrected chi connectivity index (χ2v) is 8.13. The van der Waals surface area contributed by atoms with E-state index < -0.39 is 0 Å². The minimum atomic E-state index is -0.233. The average molecular weight is 437 g/mol. The number of benzene rings is 4. The molecule has 0 heterocycles. The fourth-order valence-corrected chi connectivity index (χ4v) is 3.86. The third kappa shape index (κ3) is 6.33. The Hall–Kier alpha value is -3.85. The van der Waals surface area contributed by atoms with Crippen LogP contribution in [0.4, 0.5) is 0 Å². The first-order chi connectivity index (χ1) is 16.2. The van der Waals surface area contributed by atoms with Crippen LogP contribution in [0.2, 0.25) is 0 Å². The molecule has 0 N–H and O–H groups in total. The average Bonchev–Trinajstić information content (AvgIpc) is 2.87. The second kappa shape index (κ2) is 11.1. The number of aryl methyl sites for hydroxylation is 1. The van der Waals surface area contributed by atoms with Gasteiger partial charge in [-0.3, -0.25) is 4.79 Å². The van der Waals surface area contributed by atoms with Crippen molar-refractivity contribution < 1.29 is 14.3 Å². The minimum Gasteiger partial charge on any atom is -0.489 e. The van der Waals surface area contributed by atoms with Crippen LogP contribution >= 0.6 is 0 Å². The minimum absolute atomic E-state index is 0.167. The van der Waals surface area contributed by atoms with Crippen molar-refractivity contribution in [2.45, 2.75) is 32.5 Å². The molecule has 0 amide bonds. The molecular formula is C30H28O3. The van der Waals surface area contributed by atoms with E-state index in [1.165, 1.54) is 0 Å². The van der Waals surface area contributed by atoms with Gasteiger partial charge >= 0.3 is 5.97 Å². The number of rotatable bonds is 9. The molecule has 0 unspecified atom stereocenters. The summed E-state index contributed by atoms with van der Waals surface area (Å²) in [6.45, 7) is 2.80. The largest absolute Gasteiger partial charge is 0.489 e. The summed E-state index contributed by atoms with van der Waals surface area (Å²) in [6.07, 6.45) is 0.238. The molecule has 0 aliphatic rings. The molecule has 4 aromatic rings. The molecule has 0 saturated carbocycles. The van der Waals surface area contributed by atoms with Crippen molar-refractivity contribution in [3.63, 3.8) is 0 Å². The zero-order chi connectivity index (χ0) is 22.9. The van der Waals surface area contributed by atoms with Gasteiger partial charge in [0.15, 0.2) is 0 Å². The van der Waals surface area contributed by atoms with Crippen LogP contribution in [-0.2, 0) is 22.7 Å². The predicted molar refractivity (Wildman–Crippen MR) is 131 cm³/mol. The lowest BCUT2D eigenvalue weighted by molar-refractivity contribution is -0.145. The van der Waals surface area contributed by atoms with Crippen molar-refractivity contribution >= 4 is 5.97 Å². The van der Waals surface area contributed by atoms with Gasteiger partial charge in [-0.25, -0.2) is 0 Å². The molecule has 1 atom stereocenters. The number of esters is 1. The van der Waals surface area contributed by atoms with E-state index in [1.807, 2.05) is 91.0 Å². The Labute approximate surface area is 195 Å². The van der Waals surface area contributed by atoms with E-state index in [1.54, 1.807) is 0 Å². The van der Waals surface area contributed by atoms with Gasteiger partial charge in [0.25, 0.3) is 0 Å². The van der Waals surface area contributed by atoms with Gasteiger partial charge in [0.1, 0.15) is 19.0 Å². The van der Waals surface area contributed by atoms with Gasteiger partial charge in [-0.1, -0.05) is 109 Å². The Morgan fingerprint density at radius 1 is 0.727 bits per heavy atom. The summed E-state index contributed by atoms with van der Waals surface area (Å²) in [4.78, 5) is 12.9. The molecular weight excluding hydrogens is 408 g/mol. The van der Waals surface area contributed by atoms with Crippen molar-refractivity contribution in [1.82, 2.24) is 0 Å². The van der Waals surface area contributed by atoms with Crippen LogP contribution in [0.3, 0.4) is 0 Å². The van der Waals surface area contributed by atoms with E-state index in [0.717, 1.165) is 33.6 Å². The molecule has 4 rings (SSSR count). The summed E-state index contributed by atoms with van der Waals surface area (Å²) >= 11 is 0. The van der Waals surface area contributed by atoms with Crippen LogP contribution in [0.25, 0.3) is 0 Å². The first-order valence-corrected chi connectivity index (χ1v) is 11.2. The molecule has 0 aliphatic carbocycles. The van der Waals surface area contributed by atoms with Crippen LogP contribution in [0.5, 0.6) is 5.75 Å². The smallest absolute Gasteiger partial charge is 0.307 e. The predicted octanol–water partition coefficient (Wildman–Crippen LogP) is 6.84. The maximum absolute atomic E-state index is 12.9. The van der Waals surface area contributed by atoms with Crippen molar-refractivity contribution in [3.8, 4) is 5.75 Å². The number of carbonyl (C=O) groups is 1. The number of ether oxygens (including phenoxy) is 2. The van der Waals surface area contributed by atoms with Crippen LogP contribution in [0.1, 0.15) is 40.2 Å². The first-order valence-electron chi connectivity index (χ1n) is 11.2. The summed E-state index contributed by atoms with van der Waals surface area (Å²) in [5.74, 6) is 0.387.